The molecular formula is C23H39N5O6S. The topological polar surface area (TPSA) is 154 Å². The minimum Gasteiger partial charge on any atom is -0.354 e. The highest BCUT2D eigenvalue weighted by atomic mass is 32.2. The van der Waals surface area contributed by atoms with Crippen molar-refractivity contribution in [2.24, 2.45) is 0 Å². The Labute approximate surface area is 211 Å². The number of nitrogens with one attached hydrogen (secondary N) is 4. The van der Waals surface area contributed by atoms with E-state index < -0.39 is 29.9 Å². The molecule has 4 N–H and O–H groups in total. The van der Waals surface area contributed by atoms with Gasteiger partial charge in [0, 0.05) is 25.9 Å². The van der Waals surface area contributed by atoms with E-state index in [2.05, 4.69) is 21.3 Å². The van der Waals surface area contributed by atoms with Gasteiger partial charge in [-0.1, -0.05) is 13.3 Å². The van der Waals surface area contributed by atoms with Gasteiger partial charge in [-0.15, -0.1) is 0 Å². The molecule has 4 atom stereocenters. The van der Waals surface area contributed by atoms with E-state index in [4.69, 9.17) is 0 Å². The fourth-order valence-corrected chi connectivity index (χ4v) is 4.03. The van der Waals surface area contributed by atoms with Crippen molar-refractivity contribution in [2.75, 3.05) is 19.3 Å². The Morgan fingerprint density at radius 3 is 2.03 bits per heavy atom. The molecule has 0 bridgehead atoms. The van der Waals surface area contributed by atoms with E-state index in [1.54, 1.807) is 6.92 Å². The smallest absolute Gasteiger partial charge is 0.242 e. The van der Waals surface area contributed by atoms with Crippen LogP contribution in [0.4, 0.5) is 0 Å². The van der Waals surface area contributed by atoms with Crippen LogP contribution in [0.3, 0.4) is 0 Å². The SMILES string of the molecule is CCCNC(=O)[C@H](C)NC(=O)[C@H](C)NC(=O)[C@H](C)NC(=O)CCCCCN1C(=O)CC(SC)C1=O. The van der Waals surface area contributed by atoms with Crippen molar-refractivity contribution >= 4 is 47.2 Å². The summed E-state index contributed by atoms with van der Waals surface area (Å²) in [7, 11) is 0. The second kappa shape index (κ2) is 15.4. The zero-order valence-corrected chi connectivity index (χ0v) is 22.1. The minimum absolute atomic E-state index is 0.141. The number of hydrogen-bond donors (Lipinski definition) is 4. The second-order valence-electron chi connectivity index (χ2n) is 8.66. The molecule has 198 valence electrons. The molecule has 1 saturated heterocycles. The molecule has 11 nitrogen and oxygen atoms in total. The number of carbonyl (C=O) groups excluding carboxylic acids is 6. The highest BCUT2D eigenvalue weighted by molar-refractivity contribution is 8.00. The van der Waals surface area contributed by atoms with E-state index in [1.807, 2.05) is 13.2 Å². The van der Waals surface area contributed by atoms with Gasteiger partial charge >= 0.3 is 0 Å². The van der Waals surface area contributed by atoms with E-state index in [0.29, 0.717) is 32.4 Å². The lowest BCUT2D eigenvalue weighted by Crippen LogP contribution is -2.54. The maximum Gasteiger partial charge on any atom is 0.242 e. The largest absolute Gasteiger partial charge is 0.354 e. The lowest BCUT2D eigenvalue weighted by molar-refractivity contribution is -0.138. The third kappa shape index (κ3) is 10.3. The van der Waals surface area contributed by atoms with Gasteiger partial charge in [-0.25, -0.2) is 0 Å². The Hall–Kier alpha value is -2.63. The average molecular weight is 514 g/mol. The number of amides is 6. The van der Waals surface area contributed by atoms with E-state index in [1.165, 1.54) is 30.5 Å². The van der Waals surface area contributed by atoms with Crippen LogP contribution in [0, 0.1) is 0 Å². The van der Waals surface area contributed by atoms with Gasteiger partial charge in [0.25, 0.3) is 0 Å². The maximum atomic E-state index is 12.3. The summed E-state index contributed by atoms with van der Waals surface area (Å²) < 4.78 is 0. The third-order valence-corrected chi connectivity index (χ3v) is 6.53. The number of carbonyl (C=O) groups is 6. The van der Waals surface area contributed by atoms with Gasteiger partial charge in [0.1, 0.15) is 18.1 Å². The second-order valence-corrected chi connectivity index (χ2v) is 9.70. The first-order valence-corrected chi connectivity index (χ1v) is 13.3. The molecule has 1 rings (SSSR count). The summed E-state index contributed by atoms with van der Waals surface area (Å²) in [5.74, 6) is -1.92. The molecule has 1 heterocycles. The lowest BCUT2D eigenvalue weighted by Gasteiger charge is -2.20. The van der Waals surface area contributed by atoms with Crippen LogP contribution in [0.2, 0.25) is 0 Å². The summed E-state index contributed by atoms with van der Waals surface area (Å²) in [5.41, 5.74) is 0. The molecule has 1 aliphatic rings. The summed E-state index contributed by atoms with van der Waals surface area (Å²) in [6, 6.07) is -2.46. The van der Waals surface area contributed by atoms with Crippen molar-refractivity contribution in [2.45, 2.75) is 89.6 Å². The van der Waals surface area contributed by atoms with Crippen LogP contribution in [0.25, 0.3) is 0 Å². The zero-order chi connectivity index (χ0) is 26.5. The third-order valence-electron chi connectivity index (χ3n) is 5.60. The number of nitrogens with zero attached hydrogens (tertiary/aromatic N) is 1. The molecule has 0 radical (unpaired) electrons. The van der Waals surface area contributed by atoms with Gasteiger partial charge in [-0.3, -0.25) is 33.7 Å². The van der Waals surface area contributed by atoms with Crippen molar-refractivity contribution in [1.29, 1.82) is 0 Å². The highest BCUT2D eigenvalue weighted by Crippen LogP contribution is 2.23. The van der Waals surface area contributed by atoms with E-state index in [9.17, 15) is 28.8 Å². The average Bonchev–Trinajstić information content (AvgIpc) is 3.09. The van der Waals surface area contributed by atoms with Crippen molar-refractivity contribution in [1.82, 2.24) is 26.2 Å². The molecular weight excluding hydrogens is 474 g/mol. The van der Waals surface area contributed by atoms with Crippen LogP contribution in [0.5, 0.6) is 0 Å². The molecule has 0 spiro atoms. The quantitative estimate of drug-likeness (QED) is 0.179. The van der Waals surface area contributed by atoms with Gasteiger partial charge < -0.3 is 21.3 Å². The predicted octanol–water partition coefficient (Wildman–Crippen LogP) is 0.0776. The fraction of sp³-hybridized carbons (Fsp3) is 0.739. The van der Waals surface area contributed by atoms with Crippen LogP contribution in [0.1, 0.15) is 66.2 Å². The Morgan fingerprint density at radius 2 is 1.49 bits per heavy atom. The molecule has 12 heteroatoms. The Balaban J connectivity index is 2.28. The Kier molecular flexibility index (Phi) is 13.4. The first-order chi connectivity index (χ1) is 16.5. The first-order valence-electron chi connectivity index (χ1n) is 12.1. The molecule has 6 amide bonds. The van der Waals surface area contributed by atoms with Crippen LogP contribution in [-0.4, -0.2) is 83.1 Å². The summed E-state index contributed by atoms with van der Waals surface area (Å²) in [6.07, 6.45) is 4.87. The van der Waals surface area contributed by atoms with Crippen LogP contribution in [0.15, 0.2) is 0 Å². The molecule has 0 aromatic heterocycles. The normalized spacial score (nSPS) is 18.0. The molecule has 1 unspecified atom stereocenters. The summed E-state index contributed by atoms with van der Waals surface area (Å²) in [4.78, 5) is 73.9. The number of likely N-dealkylation sites (tertiary alicyclic amines) is 1. The molecule has 0 aromatic rings. The van der Waals surface area contributed by atoms with E-state index >= 15 is 0 Å². The molecule has 0 saturated carbocycles. The molecule has 1 aliphatic heterocycles. The number of unbranched alkanes of at least 4 members (excludes halogenated alkanes) is 2. The molecule has 0 aromatic carbocycles. The predicted molar refractivity (Wildman–Crippen MR) is 133 cm³/mol. The van der Waals surface area contributed by atoms with Crippen molar-refractivity contribution in [3.8, 4) is 0 Å². The van der Waals surface area contributed by atoms with Crippen LogP contribution < -0.4 is 21.3 Å². The van der Waals surface area contributed by atoms with Gasteiger partial charge in [-0.05, 0) is 46.3 Å². The number of hydrogen-bond acceptors (Lipinski definition) is 7. The van der Waals surface area contributed by atoms with Gasteiger partial charge in [0.05, 0.1) is 5.25 Å². The fourth-order valence-electron chi connectivity index (χ4n) is 3.39. The highest BCUT2D eigenvalue weighted by Gasteiger charge is 2.37. The van der Waals surface area contributed by atoms with Gasteiger partial charge in [-0.2, -0.15) is 11.8 Å². The van der Waals surface area contributed by atoms with Crippen molar-refractivity contribution in [3.05, 3.63) is 0 Å². The standard InChI is InChI=1S/C23H39N5O6S/c1-6-11-24-20(31)14(2)26-22(33)16(4)27-21(32)15(3)25-18(29)10-8-7-9-12-28-19(30)13-17(35-5)23(28)34/h14-17H,6-13H2,1-5H3,(H,24,31)(H,25,29)(H,26,33)(H,27,32)/t14-,15-,16-,17?/m0/s1. The van der Waals surface area contributed by atoms with E-state index in [0.717, 1.165) is 6.42 Å². The zero-order valence-electron chi connectivity index (χ0n) is 21.3. The monoisotopic (exact) mass is 513 g/mol. The summed E-state index contributed by atoms with van der Waals surface area (Å²) >= 11 is 1.38. The molecule has 1 fully saturated rings. The first kappa shape index (κ1) is 30.4. The minimum atomic E-state index is -0.884. The lowest BCUT2D eigenvalue weighted by atomic mass is 10.1. The van der Waals surface area contributed by atoms with Crippen LogP contribution >= 0.6 is 11.8 Å². The van der Waals surface area contributed by atoms with Crippen molar-refractivity contribution < 1.29 is 28.8 Å². The summed E-state index contributed by atoms with van der Waals surface area (Å²) in [5, 5.41) is 10.1. The Morgan fingerprint density at radius 1 is 0.914 bits per heavy atom. The van der Waals surface area contributed by atoms with Gasteiger partial charge in [0.15, 0.2) is 0 Å². The van der Waals surface area contributed by atoms with Crippen LogP contribution in [-0.2, 0) is 28.8 Å². The summed E-state index contributed by atoms with van der Waals surface area (Å²) in [6.45, 7) is 7.36. The van der Waals surface area contributed by atoms with Gasteiger partial charge in [0.2, 0.25) is 35.4 Å². The molecule has 35 heavy (non-hydrogen) atoms. The van der Waals surface area contributed by atoms with E-state index in [-0.39, 0.29) is 41.7 Å². The number of imide groups is 1. The molecule has 0 aliphatic carbocycles. The number of rotatable bonds is 15. The Bertz CT molecular complexity index is 792. The number of thioether (sulfide) groups is 1. The van der Waals surface area contributed by atoms with Crippen molar-refractivity contribution in [3.63, 3.8) is 0 Å². The maximum absolute atomic E-state index is 12.3.